The molecular formula is C23H21N2O5PS. The highest BCUT2D eigenvalue weighted by molar-refractivity contribution is 8.00. The topological polar surface area (TPSA) is 99.1 Å². The van der Waals surface area contributed by atoms with Crippen molar-refractivity contribution in [3.63, 3.8) is 0 Å². The number of rotatable bonds is 4. The summed E-state index contributed by atoms with van der Waals surface area (Å²) < 4.78 is 18.9. The van der Waals surface area contributed by atoms with Gasteiger partial charge in [0.25, 0.3) is 7.37 Å². The third-order valence-corrected chi connectivity index (χ3v) is 8.80. The fourth-order valence-electron chi connectivity index (χ4n) is 4.05. The van der Waals surface area contributed by atoms with E-state index in [9.17, 15) is 19.4 Å². The lowest BCUT2D eigenvalue weighted by atomic mass is 10.1. The number of phenols is 1. The van der Waals surface area contributed by atoms with Gasteiger partial charge in [-0.25, -0.2) is 0 Å². The molecule has 2 unspecified atom stereocenters. The molecule has 0 spiro atoms. The molecule has 2 aliphatic rings. The van der Waals surface area contributed by atoms with Crippen LogP contribution in [0.1, 0.15) is 17.9 Å². The first-order valence-electron chi connectivity index (χ1n) is 10.1. The van der Waals surface area contributed by atoms with Crippen LogP contribution < -0.4 is 25.6 Å². The molecule has 1 saturated heterocycles. The van der Waals surface area contributed by atoms with Gasteiger partial charge in [0, 0.05) is 5.69 Å². The van der Waals surface area contributed by atoms with E-state index in [-0.39, 0.29) is 28.1 Å². The summed E-state index contributed by atoms with van der Waals surface area (Å²) in [6.07, 6.45) is 0. The number of ether oxygens (including phenoxy) is 1. The molecule has 2 heterocycles. The zero-order chi connectivity index (χ0) is 22.5. The number of hydrogen-bond donors (Lipinski definition) is 3. The first-order chi connectivity index (χ1) is 15.4. The van der Waals surface area contributed by atoms with Crippen molar-refractivity contribution in [2.24, 2.45) is 0 Å². The fourth-order valence-corrected chi connectivity index (χ4v) is 6.99. The predicted molar refractivity (Wildman–Crippen MR) is 127 cm³/mol. The number of benzene rings is 3. The van der Waals surface area contributed by atoms with Crippen molar-refractivity contribution in [2.75, 3.05) is 22.6 Å². The standard InChI is InChI=1S/C23H21N2O5PS/c1-2-30-19-11-14(7-10-18(19)26)23-25(22(27)13-32-23)15-8-9-17-21(12-15)31(28,29)20-6-4-3-5-16(20)24-17/h3-12,23-24,26H,2,13H2,1H3,(H,28,29). The molecule has 0 aromatic heterocycles. The van der Waals surface area contributed by atoms with Gasteiger partial charge in [0.05, 0.1) is 34.3 Å². The summed E-state index contributed by atoms with van der Waals surface area (Å²) >= 11 is 1.46. The number of nitrogens with one attached hydrogen (secondary N) is 1. The number of anilines is 3. The van der Waals surface area contributed by atoms with Gasteiger partial charge < -0.3 is 20.1 Å². The molecule has 3 aromatic rings. The number of phenolic OH excluding ortho intramolecular Hbond substituents is 1. The van der Waals surface area contributed by atoms with E-state index in [1.807, 2.05) is 13.0 Å². The highest BCUT2D eigenvalue weighted by Crippen LogP contribution is 2.49. The van der Waals surface area contributed by atoms with Crippen LogP contribution in [0.4, 0.5) is 17.1 Å². The Kier molecular flexibility index (Phi) is 5.16. The molecule has 9 heteroatoms. The zero-order valence-electron chi connectivity index (χ0n) is 17.2. The van der Waals surface area contributed by atoms with Gasteiger partial charge in [0.2, 0.25) is 5.91 Å². The van der Waals surface area contributed by atoms with Crippen LogP contribution in [0, 0.1) is 0 Å². The van der Waals surface area contributed by atoms with Crippen LogP contribution in [0.3, 0.4) is 0 Å². The summed E-state index contributed by atoms with van der Waals surface area (Å²) in [6.45, 7) is 2.24. The lowest BCUT2D eigenvalue weighted by Gasteiger charge is -2.29. The van der Waals surface area contributed by atoms with Crippen molar-refractivity contribution in [1.29, 1.82) is 0 Å². The maximum atomic E-state index is 13.4. The van der Waals surface area contributed by atoms with E-state index < -0.39 is 7.37 Å². The van der Waals surface area contributed by atoms with Crippen LogP contribution in [0.25, 0.3) is 0 Å². The van der Waals surface area contributed by atoms with E-state index in [1.54, 1.807) is 59.5 Å². The van der Waals surface area contributed by atoms with Crippen molar-refractivity contribution in [3.05, 3.63) is 66.2 Å². The van der Waals surface area contributed by atoms with Gasteiger partial charge in [-0.2, -0.15) is 0 Å². The Morgan fingerprint density at radius 1 is 1.12 bits per heavy atom. The molecule has 7 nitrogen and oxygen atoms in total. The second kappa shape index (κ2) is 7.89. The third kappa shape index (κ3) is 3.35. The van der Waals surface area contributed by atoms with E-state index >= 15 is 0 Å². The minimum absolute atomic E-state index is 0.0382. The lowest BCUT2D eigenvalue weighted by molar-refractivity contribution is -0.115. The second-order valence-electron chi connectivity index (χ2n) is 7.51. The summed E-state index contributed by atoms with van der Waals surface area (Å²) in [5, 5.41) is 13.5. The van der Waals surface area contributed by atoms with E-state index in [0.717, 1.165) is 5.56 Å². The van der Waals surface area contributed by atoms with Gasteiger partial charge in [0.15, 0.2) is 11.5 Å². The quantitative estimate of drug-likeness (QED) is 0.501. The normalized spacial score (nSPS) is 21.6. The van der Waals surface area contributed by atoms with Gasteiger partial charge in [-0.05, 0) is 55.0 Å². The summed E-state index contributed by atoms with van der Waals surface area (Å²) in [5.41, 5.74) is 2.51. The van der Waals surface area contributed by atoms with E-state index in [4.69, 9.17) is 4.74 Å². The number of carbonyl (C=O) groups excluding carboxylic acids is 1. The Morgan fingerprint density at radius 3 is 2.72 bits per heavy atom. The van der Waals surface area contributed by atoms with Crippen molar-refractivity contribution in [1.82, 2.24) is 0 Å². The molecule has 32 heavy (non-hydrogen) atoms. The van der Waals surface area contributed by atoms with Crippen molar-refractivity contribution in [2.45, 2.75) is 12.3 Å². The molecule has 0 saturated carbocycles. The molecule has 0 bridgehead atoms. The van der Waals surface area contributed by atoms with Crippen molar-refractivity contribution >= 4 is 52.7 Å². The average Bonchev–Trinajstić information content (AvgIpc) is 3.17. The Labute approximate surface area is 189 Å². The smallest absolute Gasteiger partial charge is 0.262 e. The highest BCUT2D eigenvalue weighted by atomic mass is 32.2. The Bertz CT molecular complexity index is 1280. The number of hydrogen-bond acceptors (Lipinski definition) is 6. The first kappa shape index (κ1) is 20.9. The molecule has 1 fully saturated rings. The summed E-state index contributed by atoms with van der Waals surface area (Å²) in [4.78, 5) is 25.5. The zero-order valence-corrected chi connectivity index (χ0v) is 18.9. The molecule has 164 valence electrons. The van der Waals surface area contributed by atoms with Crippen molar-refractivity contribution < 1.29 is 24.1 Å². The van der Waals surface area contributed by atoms with Crippen LogP contribution in [0.5, 0.6) is 11.5 Å². The number of carbonyl (C=O) groups is 1. The molecule has 0 radical (unpaired) electrons. The molecule has 3 aromatic carbocycles. The average molecular weight is 468 g/mol. The number of para-hydroxylation sites is 1. The maximum Gasteiger partial charge on any atom is 0.262 e. The lowest BCUT2D eigenvalue weighted by Crippen LogP contribution is -2.31. The predicted octanol–water partition coefficient (Wildman–Crippen LogP) is 3.85. The van der Waals surface area contributed by atoms with E-state index in [2.05, 4.69) is 5.32 Å². The Morgan fingerprint density at radius 2 is 1.91 bits per heavy atom. The highest BCUT2D eigenvalue weighted by Gasteiger charge is 2.38. The molecular weight excluding hydrogens is 447 g/mol. The number of amides is 1. The van der Waals surface area contributed by atoms with Crippen LogP contribution >= 0.6 is 19.1 Å². The second-order valence-corrected chi connectivity index (χ2v) is 10.7. The monoisotopic (exact) mass is 468 g/mol. The Hall–Kier alpha value is -2.93. The maximum absolute atomic E-state index is 13.4. The van der Waals surface area contributed by atoms with Gasteiger partial charge >= 0.3 is 0 Å². The molecule has 5 rings (SSSR count). The van der Waals surface area contributed by atoms with E-state index in [1.165, 1.54) is 11.8 Å². The van der Waals surface area contributed by atoms with Crippen LogP contribution in [-0.4, -0.2) is 28.3 Å². The van der Waals surface area contributed by atoms with E-state index in [0.29, 0.717) is 34.7 Å². The minimum Gasteiger partial charge on any atom is -0.504 e. The number of nitrogens with zero attached hydrogens (tertiary/aromatic N) is 1. The first-order valence-corrected chi connectivity index (χ1v) is 12.8. The number of thioether (sulfide) groups is 1. The van der Waals surface area contributed by atoms with Gasteiger partial charge in [0.1, 0.15) is 5.37 Å². The molecule has 3 N–H and O–H groups in total. The summed E-state index contributed by atoms with van der Waals surface area (Å²) in [5.74, 6) is 0.583. The van der Waals surface area contributed by atoms with Crippen LogP contribution in [0.2, 0.25) is 0 Å². The van der Waals surface area contributed by atoms with Crippen molar-refractivity contribution in [3.8, 4) is 11.5 Å². The molecule has 2 atom stereocenters. The number of fused-ring (bicyclic) bond motifs is 2. The summed E-state index contributed by atoms with van der Waals surface area (Å²) in [7, 11) is -3.83. The largest absolute Gasteiger partial charge is 0.504 e. The minimum atomic E-state index is -3.83. The van der Waals surface area contributed by atoms with Crippen LogP contribution in [-0.2, 0) is 9.36 Å². The van der Waals surface area contributed by atoms with Crippen LogP contribution in [0.15, 0.2) is 60.7 Å². The summed E-state index contributed by atoms with van der Waals surface area (Å²) in [6, 6.07) is 17.1. The van der Waals surface area contributed by atoms with Gasteiger partial charge in [-0.15, -0.1) is 11.8 Å². The molecule has 2 aliphatic heterocycles. The Balaban J connectivity index is 1.56. The third-order valence-electron chi connectivity index (χ3n) is 5.52. The van der Waals surface area contributed by atoms with Gasteiger partial charge in [-0.3, -0.25) is 14.3 Å². The SMILES string of the molecule is CCOc1cc(C2SCC(=O)N2c2ccc3c(c2)P(=O)(O)c2ccccc2N3)ccc1O. The molecule has 0 aliphatic carbocycles. The van der Waals surface area contributed by atoms with Gasteiger partial charge in [-0.1, -0.05) is 18.2 Å². The number of aromatic hydroxyl groups is 1. The fraction of sp³-hybridized carbons (Fsp3) is 0.174. The molecule has 1 amide bonds.